The average molecular weight is 299 g/mol. The molecule has 1 N–H and O–H groups in total. The third-order valence-electron chi connectivity index (χ3n) is 6.20. The van der Waals surface area contributed by atoms with Crippen molar-refractivity contribution in [1.82, 2.24) is 0 Å². The molecule has 22 heavy (non-hydrogen) atoms. The fourth-order valence-electron chi connectivity index (χ4n) is 5.84. The maximum atomic E-state index is 12.8. The highest BCUT2D eigenvalue weighted by molar-refractivity contribution is 5.93. The normalized spacial score (nSPS) is 39.0. The molecule has 4 aliphatic rings. The largest absolute Gasteiger partial charge is 0.390 e. The SMILES string of the molecule is CN(C(=O)CC12CC3CC(CC(O)(C3)C1)C2)c1ccccc1. The van der Waals surface area contributed by atoms with Gasteiger partial charge in [-0.05, 0) is 67.9 Å². The molecule has 4 aliphatic carbocycles. The predicted octanol–water partition coefficient (Wildman–Crippen LogP) is 3.37. The van der Waals surface area contributed by atoms with Crippen molar-refractivity contribution in [2.75, 3.05) is 11.9 Å². The summed E-state index contributed by atoms with van der Waals surface area (Å²) in [5, 5.41) is 10.8. The number of anilines is 1. The molecule has 1 aromatic carbocycles. The van der Waals surface area contributed by atoms with Gasteiger partial charge in [0.15, 0.2) is 0 Å². The van der Waals surface area contributed by atoms with E-state index in [0.29, 0.717) is 18.3 Å². The van der Waals surface area contributed by atoms with Gasteiger partial charge in [-0.1, -0.05) is 18.2 Å². The number of benzene rings is 1. The molecule has 0 radical (unpaired) electrons. The van der Waals surface area contributed by atoms with Crippen LogP contribution in [-0.4, -0.2) is 23.7 Å². The van der Waals surface area contributed by atoms with Crippen LogP contribution >= 0.6 is 0 Å². The third kappa shape index (κ3) is 2.36. The first kappa shape index (κ1) is 14.3. The lowest BCUT2D eigenvalue weighted by atomic mass is 9.47. The molecule has 4 saturated carbocycles. The first-order valence-electron chi connectivity index (χ1n) is 8.51. The van der Waals surface area contributed by atoms with Crippen LogP contribution in [0.1, 0.15) is 44.9 Å². The molecule has 4 bridgehead atoms. The topological polar surface area (TPSA) is 40.5 Å². The molecular weight excluding hydrogens is 274 g/mol. The van der Waals surface area contributed by atoms with Gasteiger partial charge in [0.1, 0.15) is 0 Å². The van der Waals surface area contributed by atoms with Crippen LogP contribution in [0.25, 0.3) is 0 Å². The highest BCUT2D eigenvalue weighted by Crippen LogP contribution is 2.62. The highest BCUT2D eigenvalue weighted by Gasteiger charge is 2.57. The molecular formula is C19H25NO2. The smallest absolute Gasteiger partial charge is 0.227 e. The number of hydrogen-bond donors (Lipinski definition) is 1. The number of nitrogens with zero attached hydrogens (tertiary/aromatic N) is 1. The quantitative estimate of drug-likeness (QED) is 0.929. The van der Waals surface area contributed by atoms with E-state index in [1.165, 1.54) is 6.42 Å². The van der Waals surface area contributed by atoms with Crippen LogP contribution in [0.2, 0.25) is 0 Å². The Balaban J connectivity index is 1.52. The van der Waals surface area contributed by atoms with Crippen molar-refractivity contribution in [3.8, 4) is 0 Å². The molecule has 2 atom stereocenters. The Labute approximate surface area is 132 Å². The molecule has 1 amide bonds. The fourth-order valence-corrected chi connectivity index (χ4v) is 5.84. The van der Waals surface area contributed by atoms with E-state index >= 15 is 0 Å². The van der Waals surface area contributed by atoms with Gasteiger partial charge in [0.05, 0.1) is 5.60 Å². The van der Waals surface area contributed by atoms with Gasteiger partial charge in [0.25, 0.3) is 0 Å². The summed E-state index contributed by atoms with van der Waals surface area (Å²) < 4.78 is 0. The fraction of sp³-hybridized carbons (Fsp3) is 0.632. The van der Waals surface area contributed by atoms with Gasteiger partial charge in [-0.25, -0.2) is 0 Å². The van der Waals surface area contributed by atoms with Crippen molar-refractivity contribution in [2.45, 2.75) is 50.5 Å². The average Bonchev–Trinajstić information content (AvgIpc) is 2.44. The number of para-hydroxylation sites is 1. The molecule has 0 aliphatic heterocycles. The van der Waals surface area contributed by atoms with Crippen molar-refractivity contribution < 1.29 is 9.90 Å². The number of carbonyl (C=O) groups is 1. The molecule has 5 rings (SSSR count). The minimum Gasteiger partial charge on any atom is -0.390 e. The van der Waals surface area contributed by atoms with Crippen molar-refractivity contribution in [3.63, 3.8) is 0 Å². The Bertz CT molecular complexity index is 568. The Morgan fingerprint density at radius 3 is 2.41 bits per heavy atom. The minimum atomic E-state index is -0.477. The molecule has 0 saturated heterocycles. The van der Waals surface area contributed by atoms with Crippen LogP contribution in [0, 0.1) is 17.3 Å². The number of rotatable bonds is 3. The molecule has 3 nitrogen and oxygen atoms in total. The molecule has 0 aromatic heterocycles. The molecule has 2 unspecified atom stereocenters. The maximum absolute atomic E-state index is 12.8. The van der Waals surface area contributed by atoms with Gasteiger partial charge in [0, 0.05) is 19.2 Å². The second kappa shape index (κ2) is 4.82. The van der Waals surface area contributed by atoms with Crippen molar-refractivity contribution in [3.05, 3.63) is 30.3 Å². The Hall–Kier alpha value is -1.35. The summed E-state index contributed by atoms with van der Waals surface area (Å²) in [5.74, 6) is 1.47. The number of hydrogen-bond acceptors (Lipinski definition) is 2. The summed E-state index contributed by atoms with van der Waals surface area (Å²) in [7, 11) is 1.87. The van der Waals surface area contributed by atoms with E-state index in [2.05, 4.69) is 0 Å². The van der Waals surface area contributed by atoms with Gasteiger partial charge >= 0.3 is 0 Å². The summed E-state index contributed by atoms with van der Waals surface area (Å²) >= 11 is 0. The summed E-state index contributed by atoms with van der Waals surface area (Å²) in [6.07, 6.45) is 6.91. The maximum Gasteiger partial charge on any atom is 0.227 e. The Morgan fingerprint density at radius 2 is 1.82 bits per heavy atom. The molecule has 0 spiro atoms. The molecule has 4 fully saturated rings. The van der Waals surface area contributed by atoms with E-state index in [4.69, 9.17) is 0 Å². The zero-order valence-electron chi connectivity index (χ0n) is 13.3. The molecule has 118 valence electrons. The second-order valence-corrected chi connectivity index (χ2v) is 8.15. The number of carbonyl (C=O) groups excluding carboxylic acids is 1. The van der Waals surface area contributed by atoms with Crippen LogP contribution in [0.5, 0.6) is 0 Å². The summed E-state index contributed by atoms with van der Waals surface area (Å²) in [4.78, 5) is 14.6. The zero-order valence-corrected chi connectivity index (χ0v) is 13.3. The molecule has 0 heterocycles. The zero-order chi connectivity index (χ0) is 15.4. The third-order valence-corrected chi connectivity index (χ3v) is 6.20. The lowest BCUT2D eigenvalue weighted by Crippen LogP contribution is -2.56. The van der Waals surface area contributed by atoms with Gasteiger partial charge < -0.3 is 10.0 Å². The number of amides is 1. The molecule has 3 heteroatoms. The standard InChI is InChI=1S/C19H25NO2/c1-20(16-5-3-2-4-6-16)17(21)12-18-8-14-7-15(9-18)11-19(22,10-14)13-18/h2-6,14-15,22H,7-13H2,1H3. The highest BCUT2D eigenvalue weighted by atomic mass is 16.3. The van der Waals surface area contributed by atoms with Crippen molar-refractivity contribution >= 4 is 11.6 Å². The Morgan fingerprint density at radius 1 is 1.18 bits per heavy atom. The lowest BCUT2D eigenvalue weighted by molar-refractivity contribution is -0.168. The summed E-state index contributed by atoms with van der Waals surface area (Å²) in [6.45, 7) is 0. The summed E-state index contributed by atoms with van der Waals surface area (Å²) in [5.41, 5.74) is 0.533. The first-order chi connectivity index (χ1) is 10.5. The van der Waals surface area contributed by atoms with E-state index in [1.807, 2.05) is 37.4 Å². The van der Waals surface area contributed by atoms with Gasteiger partial charge in [0.2, 0.25) is 5.91 Å². The van der Waals surface area contributed by atoms with Crippen LogP contribution < -0.4 is 4.90 Å². The van der Waals surface area contributed by atoms with Gasteiger partial charge in [-0.15, -0.1) is 0 Å². The van der Waals surface area contributed by atoms with Crippen LogP contribution in [0.15, 0.2) is 30.3 Å². The van der Waals surface area contributed by atoms with Crippen LogP contribution in [0.3, 0.4) is 0 Å². The van der Waals surface area contributed by atoms with Gasteiger partial charge in [-0.2, -0.15) is 0 Å². The predicted molar refractivity (Wildman–Crippen MR) is 86.5 cm³/mol. The second-order valence-electron chi connectivity index (χ2n) is 8.15. The monoisotopic (exact) mass is 299 g/mol. The van der Waals surface area contributed by atoms with E-state index in [-0.39, 0.29) is 11.3 Å². The van der Waals surface area contributed by atoms with Crippen LogP contribution in [0.4, 0.5) is 5.69 Å². The van der Waals surface area contributed by atoms with Crippen LogP contribution in [-0.2, 0) is 4.79 Å². The first-order valence-corrected chi connectivity index (χ1v) is 8.51. The summed E-state index contributed by atoms with van der Waals surface area (Å²) in [6, 6.07) is 9.85. The minimum absolute atomic E-state index is 0.0545. The van der Waals surface area contributed by atoms with Gasteiger partial charge in [-0.3, -0.25) is 4.79 Å². The van der Waals surface area contributed by atoms with Crippen molar-refractivity contribution in [2.24, 2.45) is 17.3 Å². The van der Waals surface area contributed by atoms with E-state index < -0.39 is 5.60 Å². The number of aliphatic hydroxyl groups is 1. The Kier molecular flexibility index (Phi) is 3.12. The lowest BCUT2D eigenvalue weighted by Gasteiger charge is -2.60. The van der Waals surface area contributed by atoms with E-state index in [0.717, 1.165) is 37.8 Å². The van der Waals surface area contributed by atoms with Crippen molar-refractivity contribution in [1.29, 1.82) is 0 Å². The van der Waals surface area contributed by atoms with E-state index in [9.17, 15) is 9.90 Å². The van der Waals surface area contributed by atoms with E-state index in [1.54, 1.807) is 4.90 Å². The molecule has 1 aromatic rings.